The van der Waals surface area contributed by atoms with Crippen molar-refractivity contribution in [2.75, 3.05) is 11.9 Å². The average Bonchev–Trinajstić information content (AvgIpc) is 3.48. The van der Waals surface area contributed by atoms with Crippen LogP contribution < -0.4 is 10.6 Å². The van der Waals surface area contributed by atoms with E-state index in [0.717, 1.165) is 28.0 Å². The molecule has 0 aliphatic rings. The summed E-state index contributed by atoms with van der Waals surface area (Å²) in [4.78, 5) is 33.2. The number of carbonyl (C=O) groups is 2. The standard InChI is InChI=1S/C26H20BrClN6O2/c27-21-22(33-34-24(21)32-25(35)17-8-4-5-9-18(17)28)26(36)29-13-12-15-10-11-19-20(14-15)31-23(30-19)16-6-2-1-3-7-16/h1-11,14H,12-13H2,(H,29,36)(H,30,31)(H2,32,33,34,35). The first-order valence-corrected chi connectivity index (χ1v) is 12.3. The maximum Gasteiger partial charge on any atom is 0.270 e. The van der Waals surface area contributed by atoms with Gasteiger partial charge in [-0.25, -0.2) is 4.98 Å². The summed E-state index contributed by atoms with van der Waals surface area (Å²) in [5.41, 5.74) is 4.42. The molecule has 0 fully saturated rings. The highest BCUT2D eigenvalue weighted by Gasteiger charge is 2.20. The minimum absolute atomic E-state index is 0.198. The van der Waals surface area contributed by atoms with Crippen molar-refractivity contribution < 1.29 is 9.59 Å². The number of rotatable bonds is 7. The van der Waals surface area contributed by atoms with Crippen LogP contribution in [0.3, 0.4) is 0 Å². The number of fused-ring (bicyclic) bond motifs is 1. The van der Waals surface area contributed by atoms with E-state index in [1.807, 2.05) is 48.5 Å². The van der Waals surface area contributed by atoms with Gasteiger partial charge in [-0.3, -0.25) is 14.7 Å². The predicted octanol–water partition coefficient (Wildman–Crippen LogP) is 5.59. The molecule has 0 aliphatic heterocycles. The minimum Gasteiger partial charge on any atom is -0.350 e. The van der Waals surface area contributed by atoms with E-state index in [1.54, 1.807) is 24.3 Å². The highest BCUT2D eigenvalue weighted by molar-refractivity contribution is 9.10. The number of halogens is 2. The van der Waals surface area contributed by atoms with Crippen molar-refractivity contribution in [1.29, 1.82) is 0 Å². The Morgan fingerprint density at radius 2 is 1.75 bits per heavy atom. The molecule has 5 rings (SSSR count). The van der Waals surface area contributed by atoms with Crippen molar-refractivity contribution in [2.45, 2.75) is 6.42 Å². The lowest BCUT2D eigenvalue weighted by Gasteiger charge is -2.06. The summed E-state index contributed by atoms with van der Waals surface area (Å²) in [7, 11) is 0. The van der Waals surface area contributed by atoms with Gasteiger partial charge in [0.25, 0.3) is 11.8 Å². The lowest BCUT2D eigenvalue weighted by molar-refractivity contribution is 0.0947. The zero-order valence-electron chi connectivity index (χ0n) is 18.8. The van der Waals surface area contributed by atoms with Crippen molar-refractivity contribution in [3.8, 4) is 11.4 Å². The molecule has 4 N–H and O–H groups in total. The Bertz CT molecular complexity index is 1560. The number of amides is 2. The van der Waals surface area contributed by atoms with Crippen LogP contribution in [0.25, 0.3) is 22.4 Å². The topological polar surface area (TPSA) is 116 Å². The van der Waals surface area contributed by atoms with Crippen LogP contribution >= 0.6 is 27.5 Å². The molecule has 10 heteroatoms. The van der Waals surface area contributed by atoms with Gasteiger partial charge in [0.1, 0.15) is 11.5 Å². The van der Waals surface area contributed by atoms with Crippen LogP contribution in [0.1, 0.15) is 26.4 Å². The maximum atomic E-state index is 12.7. The predicted molar refractivity (Wildman–Crippen MR) is 143 cm³/mol. The van der Waals surface area contributed by atoms with Crippen LogP contribution in [0.4, 0.5) is 5.82 Å². The summed E-state index contributed by atoms with van der Waals surface area (Å²) >= 11 is 9.42. The first-order chi connectivity index (χ1) is 17.5. The first kappa shape index (κ1) is 23.8. The van der Waals surface area contributed by atoms with Gasteiger partial charge in [-0.1, -0.05) is 60.1 Å². The van der Waals surface area contributed by atoms with E-state index in [2.05, 4.69) is 46.7 Å². The molecule has 0 radical (unpaired) electrons. The molecule has 0 spiro atoms. The third kappa shape index (κ3) is 5.02. The molecule has 2 heterocycles. The molecule has 0 aliphatic carbocycles. The Kier molecular flexibility index (Phi) is 6.84. The lowest BCUT2D eigenvalue weighted by atomic mass is 10.1. The van der Waals surface area contributed by atoms with E-state index in [1.165, 1.54) is 0 Å². The summed E-state index contributed by atoms with van der Waals surface area (Å²) in [5, 5.41) is 12.6. The molecule has 2 amide bonds. The second kappa shape index (κ2) is 10.3. The molecule has 0 saturated heterocycles. The molecular formula is C26H20BrClN6O2. The zero-order chi connectivity index (χ0) is 25.1. The minimum atomic E-state index is -0.427. The van der Waals surface area contributed by atoms with Gasteiger partial charge in [-0.15, -0.1) is 0 Å². The van der Waals surface area contributed by atoms with E-state index in [9.17, 15) is 9.59 Å². The lowest BCUT2D eigenvalue weighted by Crippen LogP contribution is -2.26. The van der Waals surface area contributed by atoms with E-state index < -0.39 is 5.91 Å². The summed E-state index contributed by atoms with van der Waals surface area (Å²) in [6, 6.07) is 22.6. The Hall–Kier alpha value is -3.95. The first-order valence-electron chi connectivity index (χ1n) is 11.1. The SMILES string of the molecule is O=C(Nc1n[nH]c(C(=O)NCCc2ccc3nc(-c4ccccc4)[nH]c3c2)c1Br)c1ccccc1Cl. The van der Waals surface area contributed by atoms with Gasteiger partial charge >= 0.3 is 0 Å². The van der Waals surface area contributed by atoms with Crippen LogP contribution in [0, 0.1) is 0 Å². The number of imidazole rings is 1. The van der Waals surface area contributed by atoms with Crippen LogP contribution in [-0.4, -0.2) is 38.5 Å². The van der Waals surface area contributed by atoms with Crippen molar-refractivity contribution in [1.82, 2.24) is 25.5 Å². The Morgan fingerprint density at radius 3 is 2.56 bits per heavy atom. The molecule has 3 aromatic carbocycles. The van der Waals surface area contributed by atoms with Crippen molar-refractivity contribution >= 4 is 56.2 Å². The largest absolute Gasteiger partial charge is 0.350 e. The third-order valence-electron chi connectivity index (χ3n) is 5.58. The summed E-state index contributed by atoms with van der Waals surface area (Å²) in [5.74, 6) is 0.243. The monoisotopic (exact) mass is 562 g/mol. The average molecular weight is 564 g/mol. The molecule has 36 heavy (non-hydrogen) atoms. The zero-order valence-corrected chi connectivity index (χ0v) is 21.2. The number of anilines is 1. The fourth-order valence-electron chi connectivity index (χ4n) is 3.74. The van der Waals surface area contributed by atoms with E-state index in [4.69, 9.17) is 11.6 Å². The highest BCUT2D eigenvalue weighted by Crippen LogP contribution is 2.25. The van der Waals surface area contributed by atoms with Gasteiger partial charge in [0.2, 0.25) is 0 Å². The number of nitrogens with zero attached hydrogens (tertiary/aromatic N) is 2. The summed E-state index contributed by atoms with van der Waals surface area (Å²) in [6.07, 6.45) is 0.628. The molecule has 0 saturated carbocycles. The smallest absolute Gasteiger partial charge is 0.270 e. The van der Waals surface area contributed by atoms with E-state index in [0.29, 0.717) is 28.0 Å². The van der Waals surface area contributed by atoms with Crippen LogP contribution in [0.2, 0.25) is 5.02 Å². The molecule has 0 atom stereocenters. The molecule has 180 valence electrons. The number of benzene rings is 3. The Balaban J connectivity index is 1.20. The Morgan fingerprint density at radius 1 is 0.972 bits per heavy atom. The number of hydrogen-bond donors (Lipinski definition) is 4. The number of hydrogen-bond acceptors (Lipinski definition) is 4. The molecule has 5 aromatic rings. The summed E-state index contributed by atoms with van der Waals surface area (Å²) < 4.78 is 0.354. The number of aromatic amines is 2. The molecule has 0 unspecified atom stereocenters. The third-order valence-corrected chi connectivity index (χ3v) is 6.68. The molecule has 8 nitrogen and oxygen atoms in total. The van der Waals surface area contributed by atoms with Crippen molar-refractivity contribution in [2.24, 2.45) is 0 Å². The molecule has 0 bridgehead atoms. The quantitative estimate of drug-likeness (QED) is 0.206. The van der Waals surface area contributed by atoms with Gasteiger partial charge in [-0.2, -0.15) is 5.10 Å². The normalized spacial score (nSPS) is 10.9. The fraction of sp³-hybridized carbons (Fsp3) is 0.0769. The number of aromatic nitrogens is 4. The Labute approximate surface area is 219 Å². The van der Waals surface area contributed by atoms with Gasteiger partial charge in [-0.05, 0) is 52.2 Å². The van der Waals surface area contributed by atoms with Crippen LogP contribution in [0.15, 0.2) is 77.3 Å². The number of nitrogens with one attached hydrogen (secondary N) is 4. The van der Waals surface area contributed by atoms with E-state index >= 15 is 0 Å². The van der Waals surface area contributed by atoms with Gasteiger partial charge in [0, 0.05) is 12.1 Å². The van der Waals surface area contributed by atoms with Gasteiger partial charge in [0.15, 0.2) is 5.82 Å². The second-order valence-corrected chi connectivity index (χ2v) is 9.20. The molecular weight excluding hydrogens is 544 g/mol. The maximum absolute atomic E-state index is 12.7. The second-order valence-electron chi connectivity index (χ2n) is 8.00. The molecule has 2 aromatic heterocycles. The highest BCUT2D eigenvalue weighted by atomic mass is 79.9. The van der Waals surface area contributed by atoms with Gasteiger partial charge < -0.3 is 15.6 Å². The van der Waals surface area contributed by atoms with Crippen molar-refractivity contribution in [3.63, 3.8) is 0 Å². The van der Waals surface area contributed by atoms with Crippen LogP contribution in [-0.2, 0) is 6.42 Å². The van der Waals surface area contributed by atoms with Gasteiger partial charge in [0.05, 0.1) is 26.1 Å². The number of carbonyl (C=O) groups excluding carboxylic acids is 2. The summed E-state index contributed by atoms with van der Waals surface area (Å²) in [6.45, 7) is 0.413. The van der Waals surface area contributed by atoms with E-state index in [-0.39, 0.29) is 17.4 Å². The fourth-order valence-corrected chi connectivity index (χ4v) is 4.41. The number of H-pyrrole nitrogens is 2. The van der Waals surface area contributed by atoms with Crippen molar-refractivity contribution in [3.05, 3.63) is 99.1 Å². The van der Waals surface area contributed by atoms with Crippen LogP contribution in [0.5, 0.6) is 0 Å².